The zero-order valence-electron chi connectivity index (χ0n) is 13.3. The van der Waals surface area contributed by atoms with E-state index < -0.39 is 5.60 Å². The Morgan fingerprint density at radius 2 is 2.14 bits per heavy atom. The number of aromatic nitrogens is 3. The van der Waals surface area contributed by atoms with Crippen LogP contribution in [0.3, 0.4) is 0 Å². The van der Waals surface area contributed by atoms with E-state index in [2.05, 4.69) is 20.3 Å². The third kappa shape index (κ3) is 4.42. The minimum Gasteiger partial charge on any atom is -0.461 e. The Morgan fingerprint density at radius 1 is 1.38 bits per heavy atom. The van der Waals surface area contributed by atoms with E-state index in [-0.39, 0.29) is 6.10 Å². The highest BCUT2D eigenvalue weighted by Gasteiger charge is 2.30. The molecule has 118 valence electrons. The van der Waals surface area contributed by atoms with E-state index in [0.29, 0.717) is 24.5 Å². The first kappa shape index (κ1) is 15.8. The van der Waals surface area contributed by atoms with Crippen LogP contribution in [0.1, 0.15) is 40.5 Å². The third-order valence-electron chi connectivity index (χ3n) is 3.24. The summed E-state index contributed by atoms with van der Waals surface area (Å²) in [6.45, 7) is 9.76. The van der Waals surface area contributed by atoms with Crippen LogP contribution in [0.5, 0.6) is 6.01 Å². The molecule has 1 atom stereocenters. The highest BCUT2D eigenvalue weighted by atomic mass is 16.5. The first-order chi connectivity index (χ1) is 9.89. The summed E-state index contributed by atoms with van der Waals surface area (Å²) >= 11 is 0. The SMILES string of the molecule is CCNc1nc(OC(C)C)nc(N2CCCC(C)(O)C2)n1. The van der Waals surface area contributed by atoms with Gasteiger partial charge in [0.05, 0.1) is 11.7 Å². The quantitative estimate of drug-likeness (QED) is 0.850. The molecule has 0 amide bonds. The summed E-state index contributed by atoms with van der Waals surface area (Å²) in [5, 5.41) is 13.3. The maximum Gasteiger partial charge on any atom is 0.323 e. The molecule has 1 unspecified atom stereocenters. The molecule has 2 N–H and O–H groups in total. The molecule has 1 fully saturated rings. The molecule has 0 spiro atoms. The number of β-amino-alcohol motifs (C(OH)–C–C–N with tert-alkyl or cyclic N) is 1. The van der Waals surface area contributed by atoms with Crippen molar-refractivity contribution < 1.29 is 9.84 Å². The maximum atomic E-state index is 10.2. The van der Waals surface area contributed by atoms with E-state index in [0.717, 1.165) is 25.9 Å². The van der Waals surface area contributed by atoms with Crippen molar-refractivity contribution in [3.8, 4) is 6.01 Å². The molecule has 1 aliphatic rings. The van der Waals surface area contributed by atoms with Gasteiger partial charge in [-0.3, -0.25) is 0 Å². The minimum absolute atomic E-state index is 0.000750. The first-order valence-corrected chi connectivity index (χ1v) is 7.53. The van der Waals surface area contributed by atoms with Gasteiger partial charge in [-0.1, -0.05) is 0 Å². The number of hydrogen-bond donors (Lipinski definition) is 2. The van der Waals surface area contributed by atoms with Crippen LogP contribution in [0, 0.1) is 0 Å². The van der Waals surface area contributed by atoms with Crippen molar-refractivity contribution in [3.05, 3.63) is 0 Å². The van der Waals surface area contributed by atoms with E-state index in [4.69, 9.17) is 4.74 Å². The molecule has 1 aromatic rings. The Balaban J connectivity index is 2.26. The van der Waals surface area contributed by atoms with E-state index >= 15 is 0 Å². The second kappa shape index (κ2) is 6.43. The van der Waals surface area contributed by atoms with Gasteiger partial charge in [0.2, 0.25) is 11.9 Å². The molecule has 1 aromatic heterocycles. The Kier molecular flexibility index (Phi) is 4.82. The monoisotopic (exact) mass is 295 g/mol. The average Bonchev–Trinajstić information content (AvgIpc) is 2.36. The number of aliphatic hydroxyl groups is 1. The second-order valence-corrected chi connectivity index (χ2v) is 5.96. The predicted molar refractivity (Wildman–Crippen MR) is 81.8 cm³/mol. The topological polar surface area (TPSA) is 83.4 Å². The van der Waals surface area contributed by atoms with Crippen LogP contribution >= 0.6 is 0 Å². The number of rotatable bonds is 5. The van der Waals surface area contributed by atoms with Crippen LogP contribution in [-0.4, -0.2) is 51.4 Å². The molecule has 0 radical (unpaired) electrons. The lowest BCUT2D eigenvalue weighted by molar-refractivity contribution is 0.0443. The Morgan fingerprint density at radius 3 is 2.76 bits per heavy atom. The lowest BCUT2D eigenvalue weighted by Gasteiger charge is -2.36. The number of hydrogen-bond acceptors (Lipinski definition) is 7. The van der Waals surface area contributed by atoms with Crippen molar-refractivity contribution in [2.24, 2.45) is 0 Å². The normalized spacial score (nSPS) is 22.5. The van der Waals surface area contributed by atoms with Gasteiger partial charge in [0.25, 0.3) is 0 Å². The van der Waals surface area contributed by atoms with Crippen LogP contribution < -0.4 is 15.0 Å². The number of nitrogens with one attached hydrogen (secondary N) is 1. The fourth-order valence-electron chi connectivity index (χ4n) is 2.38. The summed E-state index contributed by atoms with van der Waals surface area (Å²) in [7, 11) is 0. The molecular weight excluding hydrogens is 270 g/mol. The van der Waals surface area contributed by atoms with Crippen LogP contribution in [0.2, 0.25) is 0 Å². The lowest BCUT2D eigenvalue weighted by atomic mass is 9.95. The molecule has 2 heterocycles. The molecule has 0 aromatic carbocycles. The van der Waals surface area contributed by atoms with Gasteiger partial charge in [-0.25, -0.2) is 0 Å². The van der Waals surface area contributed by atoms with Gasteiger partial charge in [0.15, 0.2) is 0 Å². The fourth-order valence-corrected chi connectivity index (χ4v) is 2.38. The standard InChI is InChI=1S/C14H25N5O2/c1-5-15-11-16-12(18-13(17-11)21-10(2)3)19-8-6-7-14(4,20)9-19/h10,20H,5-9H2,1-4H3,(H,15,16,17,18). The average molecular weight is 295 g/mol. The van der Waals surface area contributed by atoms with Crippen molar-refractivity contribution in [1.82, 2.24) is 15.0 Å². The van der Waals surface area contributed by atoms with E-state index in [1.54, 1.807) is 0 Å². The number of nitrogens with zero attached hydrogens (tertiary/aromatic N) is 4. The van der Waals surface area contributed by atoms with Crippen molar-refractivity contribution in [2.45, 2.75) is 52.2 Å². The Hall–Kier alpha value is -1.63. The summed E-state index contributed by atoms with van der Waals surface area (Å²) in [4.78, 5) is 15.0. The molecule has 21 heavy (non-hydrogen) atoms. The van der Waals surface area contributed by atoms with Gasteiger partial charge in [0, 0.05) is 19.6 Å². The van der Waals surface area contributed by atoms with Gasteiger partial charge in [-0.15, -0.1) is 0 Å². The van der Waals surface area contributed by atoms with E-state index in [1.165, 1.54) is 0 Å². The van der Waals surface area contributed by atoms with Crippen molar-refractivity contribution >= 4 is 11.9 Å². The number of piperidine rings is 1. The largest absolute Gasteiger partial charge is 0.461 e. The zero-order valence-corrected chi connectivity index (χ0v) is 13.3. The molecular formula is C14H25N5O2. The number of anilines is 2. The third-order valence-corrected chi connectivity index (χ3v) is 3.24. The Bertz CT molecular complexity index is 478. The minimum atomic E-state index is -0.706. The van der Waals surface area contributed by atoms with Crippen LogP contribution in [0.4, 0.5) is 11.9 Å². The van der Waals surface area contributed by atoms with Crippen molar-refractivity contribution in [2.75, 3.05) is 29.9 Å². The predicted octanol–water partition coefficient (Wildman–Crippen LogP) is 1.44. The van der Waals surface area contributed by atoms with Crippen molar-refractivity contribution in [1.29, 1.82) is 0 Å². The van der Waals surface area contributed by atoms with Gasteiger partial charge < -0.3 is 20.1 Å². The molecule has 7 heteroatoms. The molecule has 1 aliphatic heterocycles. The summed E-state index contributed by atoms with van der Waals surface area (Å²) < 4.78 is 5.59. The number of ether oxygens (including phenoxy) is 1. The van der Waals surface area contributed by atoms with E-state index in [9.17, 15) is 5.11 Å². The molecule has 7 nitrogen and oxygen atoms in total. The molecule has 0 aliphatic carbocycles. The van der Waals surface area contributed by atoms with Crippen LogP contribution in [0.25, 0.3) is 0 Å². The Labute approximate surface area is 125 Å². The van der Waals surface area contributed by atoms with Gasteiger partial charge in [0.1, 0.15) is 0 Å². The highest BCUT2D eigenvalue weighted by Crippen LogP contribution is 2.25. The fraction of sp³-hybridized carbons (Fsp3) is 0.786. The first-order valence-electron chi connectivity index (χ1n) is 7.53. The molecule has 0 bridgehead atoms. The second-order valence-electron chi connectivity index (χ2n) is 5.96. The zero-order chi connectivity index (χ0) is 15.5. The van der Waals surface area contributed by atoms with E-state index in [1.807, 2.05) is 32.6 Å². The van der Waals surface area contributed by atoms with Gasteiger partial charge in [-0.05, 0) is 40.5 Å². The smallest absolute Gasteiger partial charge is 0.323 e. The summed E-state index contributed by atoms with van der Waals surface area (Å²) in [5.41, 5.74) is -0.706. The summed E-state index contributed by atoms with van der Waals surface area (Å²) in [5.74, 6) is 1.06. The lowest BCUT2D eigenvalue weighted by Crippen LogP contribution is -2.46. The summed E-state index contributed by atoms with van der Waals surface area (Å²) in [6.07, 6.45) is 1.71. The molecule has 0 saturated carbocycles. The van der Waals surface area contributed by atoms with Crippen LogP contribution in [-0.2, 0) is 0 Å². The highest BCUT2D eigenvalue weighted by molar-refractivity contribution is 5.39. The van der Waals surface area contributed by atoms with Gasteiger partial charge >= 0.3 is 6.01 Å². The summed E-state index contributed by atoms with van der Waals surface area (Å²) in [6, 6.07) is 0.316. The maximum absolute atomic E-state index is 10.2. The molecule has 2 rings (SSSR count). The van der Waals surface area contributed by atoms with Crippen LogP contribution in [0.15, 0.2) is 0 Å². The molecule has 1 saturated heterocycles. The van der Waals surface area contributed by atoms with Crippen molar-refractivity contribution in [3.63, 3.8) is 0 Å². The van der Waals surface area contributed by atoms with Gasteiger partial charge in [-0.2, -0.15) is 15.0 Å².